The first-order valence-electron chi connectivity index (χ1n) is 11.5. The Balaban J connectivity index is 2.02. The van der Waals surface area contributed by atoms with Crippen LogP contribution < -0.4 is 14.7 Å². The van der Waals surface area contributed by atoms with Gasteiger partial charge >= 0.3 is 0 Å². The minimum atomic E-state index is -0.739. The fourth-order valence-electron chi connectivity index (χ4n) is 4.22. The summed E-state index contributed by atoms with van der Waals surface area (Å²) in [5, 5.41) is 13.4. The van der Waals surface area contributed by atoms with Gasteiger partial charge in [0.25, 0.3) is 5.91 Å². The van der Waals surface area contributed by atoms with Crippen molar-refractivity contribution in [2.24, 2.45) is 0 Å². The maximum Gasteiger partial charge on any atom is 0.295 e. The fraction of sp³-hybridized carbons (Fsp3) is 0.333. The molecule has 1 amide bonds. The van der Waals surface area contributed by atoms with Gasteiger partial charge in [-0.25, -0.2) is 0 Å². The number of hydrogen-bond donors (Lipinski definition) is 1. The Labute approximate surface area is 195 Å². The normalized spacial score (nSPS) is 17.5. The van der Waals surface area contributed by atoms with Gasteiger partial charge in [0.15, 0.2) is 0 Å². The van der Waals surface area contributed by atoms with E-state index in [4.69, 9.17) is 4.74 Å². The summed E-state index contributed by atoms with van der Waals surface area (Å²) >= 11 is 0. The number of benzene rings is 2. The smallest absolute Gasteiger partial charge is 0.295 e. The number of ether oxygens (including phenoxy) is 1. The van der Waals surface area contributed by atoms with E-state index in [2.05, 4.69) is 20.4 Å². The van der Waals surface area contributed by atoms with E-state index in [9.17, 15) is 14.7 Å². The van der Waals surface area contributed by atoms with Crippen LogP contribution in [0.5, 0.6) is 5.75 Å². The molecule has 0 saturated carbocycles. The van der Waals surface area contributed by atoms with E-state index in [0.717, 1.165) is 26.1 Å². The topological polar surface area (TPSA) is 74.1 Å². The number of rotatable bonds is 11. The van der Waals surface area contributed by atoms with Crippen molar-refractivity contribution in [1.82, 2.24) is 4.90 Å². The molecule has 0 aliphatic carbocycles. The highest BCUT2D eigenvalue weighted by molar-refractivity contribution is 6.46. The van der Waals surface area contributed by atoms with Crippen molar-refractivity contribution in [2.45, 2.75) is 26.3 Å². The van der Waals surface area contributed by atoms with E-state index < -0.39 is 23.5 Å². The highest BCUT2D eigenvalue weighted by Gasteiger charge is 2.44. The summed E-state index contributed by atoms with van der Waals surface area (Å²) in [7, 11) is 0. The van der Waals surface area contributed by atoms with Crippen LogP contribution in [0.15, 0.2) is 72.8 Å². The number of Topliss-reactive ketones (excluding diaryl/α,β-unsaturated/α-hetero) is 1. The predicted molar refractivity (Wildman–Crippen MR) is 126 cm³/mol. The molecule has 174 valence electrons. The molecule has 2 aromatic rings. The maximum atomic E-state index is 13.4. The van der Waals surface area contributed by atoms with E-state index in [-0.39, 0.29) is 5.57 Å². The standard InChI is InChI=1S/C27H32N2O4/c1-4-18-33-22-15-10-14-21(19-22)24-23(25(30)20-12-8-7-9-13-20)26(31)27(32)29(24)17-11-16-28(5-2)6-3/h4,7-10,12-15,19,24,30H,1,5-6,11,16-18H2,2-3H3. The molecule has 6 nitrogen and oxygen atoms in total. The highest BCUT2D eigenvalue weighted by Crippen LogP contribution is 2.39. The van der Waals surface area contributed by atoms with Crippen molar-refractivity contribution in [1.29, 1.82) is 0 Å². The van der Waals surface area contributed by atoms with Crippen LogP contribution in [-0.2, 0) is 9.59 Å². The molecule has 6 heteroatoms. The molecule has 1 aliphatic heterocycles. The Hall–Kier alpha value is -3.38. The van der Waals surface area contributed by atoms with Gasteiger partial charge in [0, 0.05) is 18.5 Å². The Morgan fingerprint density at radius 2 is 1.85 bits per heavy atom. The molecule has 33 heavy (non-hydrogen) atoms. The summed E-state index contributed by atoms with van der Waals surface area (Å²) in [6, 6.07) is 15.1. The second-order valence-electron chi connectivity index (χ2n) is 8.07. The van der Waals surface area contributed by atoms with Gasteiger partial charge in [-0.1, -0.05) is 60.9 Å². The fourth-order valence-corrected chi connectivity index (χ4v) is 4.22. The summed E-state index contributed by atoms with van der Waals surface area (Å²) < 4.78 is 5.66. The molecule has 1 saturated heterocycles. The highest BCUT2D eigenvalue weighted by atomic mass is 16.5. The largest absolute Gasteiger partial charge is 0.872 e. The lowest BCUT2D eigenvalue weighted by Crippen LogP contribution is -3.11. The molecule has 1 unspecified atom stereocenters. The lowest BCUT2D eigenvalue weighted by molar-refractivity contribution is -0.896. The van der Waals surface area contributed by atoms with E-state index in [0.29, 0.717) is 30.0 Å². The van der Waals surface area contributed by atoms with Crippen LogP contribution in [0.3, 0.4) is 0 Å². The molecular weight excluding hydrogens is 416 g/mol. The van der Waals surface area contributed by atoms with Gasteiger partial charge in [0.05, 0.1) is 25.7 Å². The van der Waals surface area contributed by atoms with Crippen LogP contribution in [-0.4, -0.2) is 49.4 Å². The molecule has 0 bridgehead atoms. The van der Waals surface area contributed by atoms with E-state index in [1.54, 1.807) is 47.4 Å². The van der Waals surface area contributed by atoms with E-state index in [1.807, 2.05) is 18.2 Å². The van der Waals surface area contributed by atoms with Crippen molar-refractivity contribution < 1.29 is 24.3 Å². The zero-order valence-electron chi connectivity index (χ0n) is 19.4. The average Bonchev–Trinajstić information content (AvgIpc) is 3.10. The molecule has 3 rings (SSSR count). The van der Waals surface area contributed by atoms with Crippen LogP contribution in [0, 0.1) is 0 Å². The van der Waals surface area contributed by atoms with Crippen LogP contribution in [0.1, 0.15) is 37.4 Å². The molecule has 1 atom stereocenters. The van der Waals surface area contributed by atoms with Crippen LogP contribution in [0.25, 0.3) is 5.76 Å². The van der Waals surface area contributed by atoms with Crippen molar-refractivity contribution in [3.8, 4) is 5.75 Å². The Kier molecular flexibility index (Phi) is 8.44. The lowest BCUT2D eigenvalue weighted by Gasteiger charge is -2.28. The molecule has 2 aromatic carbocycles. The van der Waals surface area contributed by atoms with Crippen molar-refractivity contribution in [3.05, 3.63) is 84.0 Å². The Morgan fingerprint density at radius 1 is 1.12 bits per heavy atom. The number of nitrogens with zero attached hydrogens (tertiary/aromatic N) is 1. The second kappa shape index (κ2) is 11.5. The third-order valence-electron chi connectivity index (χ3n) is 6.04. The van der Waals surface area contributed by atoms with Gasteiger partial charge in [-0.3, -0.25) is 9.59 Å². The summed E-state index contributed by atoms with van der Waals surface area (Å²) in [5.41, 5.74) is 1.08. The quantitative estimate of drug-likeness (QED) is 0.246. The van der Waals surface area contributed by atoms with Crippen molar-refractivity contribution >= 4 is 17.4 Å². The minimum Gasteiger partial charge on any atom is -0.872 e. The second-order valence-corrected chi connectivity index (χ2v) is 8.07. The minimum absolute atomic E-state index is 0.00209. The molecule has 0 spiro atoms. The van der Waals surface area contributed by atoms with Gasteiger partial charge in [0.1, 0.15) is 12.4 Å². The van der Waals surface area contributed by atoms with Crippen LogP contribution >= 0.6 is 0 Å². The monoisotopic (exact) mass is 448 g/mol. The molecule has 1 aliphatic rings. The first-order chi connectivity index (χ1) is 16.0. The van der Waals surface area contributed by atoms with Gasteiger partial charge in [-0.15, -0.1) is 0 Å². The third kappa shape index (κ3) is 5.52. The predicted octanol–water partition coefficient (Wildman–Crippen LogP) is 1.79. The van der Waals surface area contributed by atoms with Gasteiger partial charge in [-0.05, 0) is 37.1 Å². The first-order valence-corrected chi connectivity index (χ1v) is 11.5. The van der Waals surface area contributed by atoms with Gasteiger partial charge < -0.3 is 19.6 Å². The van der Waals surface area contributed by atoms with Crippen LogP contribution in [0.4, 0.5) is 0 Å². The molecule has 0 aromatic heterocycles. The number of carbonyl (C=O) groups excluding carboxylic acids is 2. The Bertz CT molecular complexity index is 1010. The van der Waals surface area contributed by atoms with E-state index >= 15 is 0 Å². The third-order valence-corrected chi connectivity index (χ3v) is 6.04. The summed E-state index contributed by atoms with van der Waals surface area (Å²) in [6.45, 7) is 11.6. The molecule has 1 fully saturated rings. The average molecular weight is 449 g/mol. The summed E-state index contributed by atoms with van der Waals surface area (Å²) in [4.78, 5) is 29.1. The van der Waals surface area contributed by atoms with Crippen molar-refractivity contribution in [3.63, 3.8) is 0 Å². The van der Waals surface area contributed by atoms with E-state index in [1.165, 1.54) is 4.90 Å². The first kappa shape index (κ1) is 24.3. The zero-order chi connectivity index (χ0) is 23.8. The number of hydrogen-bond acceptors (Lipinski definition) is 4. The van der Waals surface area contributed by atoms with Gasteiger partial charge in [-0.2, -0.15) is 0 Å². The number of carbonyl (C=O) groups is 2. The SMILES string of the molecule is C=CCOc1cccc(C2C(=C([O-])c3ccccc3)C(=O)C(=O)N2CCC[NH+](CC)CC)c1. The zero-order valence-corrected chi connectivity index (χ0v) is 19.4. The van der Waals surface area contributed by atoms with Gasteiger partial charge in [0.2, 0.25) is 5.78 Å². The lowest BCUT2D eigenvalue weighted by atomic mass is 9.95. The Morgan fingerprint density at radius 3 is 2.52 bits per heavy atom. The molecular formula is C27H32N2O4. The number of nitrogens with one attached hydrogen (secondary N) is 1. The van der Waals surface area contributed by atoms with Crippen molar-refractivity contribution in [2.75, 3.05) is 32.8 Å². The molecule has 1 N–H and O–H groups in total. The number of quaternary nitrogens is 1. The summed E-state index contributed by atoms with van der Waals surface area (Å²) in [6.07, 6.45) is 2.39. The van der Waals surface area contributed by atoms with Crippen LogP contribution in [0.2, 0.25) is 0 Å². The number of ketones is 1. The number of likely N-dealkylation sites (tertiary alicyclic amines) is 1. The summed E-state index contributed by atoms with van der Waals surface area (Å²) in [5.74, 6) is -1.15. The maximum absolute atomic E-state index is 13.4. The molecule has 1 heterocycles. The number of amides is 1. The molecule has 0 radical (unpaired) electrons.